The summed E-state index contributed by atoms with van der Waals surface area (Å²) in [6.07, 6.45) is 9.11. The van der Waals surface area contributed by atoms with Crippen molar-refractivity contribution in [2.45, 2.75) is 51.9 Å². The molecule has 156 valence electrons. The molecule has 0 amide bonds. The molecule has 0 saturated heterocycles. The van der Waals surface area contributed by atoms with Crippen molar-refractivity contribution >= 4 is 12.0 Å². The van der Waals surface area contributed by atoms with Gasteiger partial charge in [-0.3, -0.25) is 0 Å². The maximum absolute atomic E-state index is 12.3. The van der Waals surface area contributed by atoms with E-state index in [-0.39, 0.29) is 0 Å². The van der Waals surface area contributed by atoms with E-state index in [4.69, 9.17) is 14.2 Å². The zero-order valence-corrected chi connectivity index (χ0v) is 17.9. The Hall–Kier alpha value is -2.75. The van der Waals surface area contributed by atoms with E-state index >= 15 is 0 Å². The van der Waals surface area contributed by atoms with Crippen LogP contribution >= 0.6 is 0 Å². The van der Waals surface area contributed by atoms with Crippen molar-refractivity contribution < 1.29 is 19.0 Å². The van der Waals surface area contributed by atoms with Crippen molar-refractivity contribution in [2.24, 2.45) is 0 Å². The van der Waals surface area contributed by atoms with Gasteiger partial charge >= 0.3 is 5.97 Å². The lowest BCUT2D eigenvalue weighted by molar-refractivity contribution is -0.129. The number of ether oxygens (including phenoxy) is 3. The molecular weight excluding hydrogens is 364 g/mol. The fraction of sp³-hybridized carbons (Fsp3) is 0.400. The molecule has 0 fully saturated rings. The Labute approximate surface area is 174 Å². The Kier molecular flexibility index (Phi) is 9.29. The molecule has 4 heteroatoms. The molecule has 2 rings (SSSR count). The quantitative estimate of drug-likeness (QED) is 0.191. The summed E-state index contributed by atoms with van der Waals surface area (Å²) in [4.78, 5) is 12.3. The Morgan fingerprint density at radius 2 is 1.76 bits per heavy atom. The molecule has 0 aliphatic rings. The molecule has 1 atom stereocenters. The zero-order chi connectivity index (χ0) is 21.1. The van der Waals surface area contributed by atoms with Crippen LogP contribution in [0, 0.1) is 0 Å². The van der Waals surface area contributed by atoms with Crippen LogP contribution in [0.25, 0.3) is 6.08 Å². The Morgan fingerprint density at radius 3 is 2.41 bits per heavy atom. The van der Waals surface area contributed by atoms with Crippen molar-refractivity contribution in [3.8, 4) is 17.2 Å². The maximum atomic E-state index is 12.3. The Morgan fingerprint density at radius 1 is 1.00 bits per heavy atom. The predicted octanol–water partition coefficient (Wildman–Crippen LogP) is 6.40. The van der Waals surface area contributed by atoms with Crippen LogP contribution < -0.4 is 14.2 Å². The first kappa shape index (κ1) is 22.5. The van der Waals surface area contributed by atoms with Crippen LogP contribution in [0.15, 0.2) is 48.5 Å². The van der Waals surface area contributed by atoms with Crippen LogP contribution in [-0.4, -0.2) is 20.2 Å². The molecular formula is C25H32O4. The number of carbonyl (C=O) groups excluding carboxylic acids is 1. The molecule has 0 aromatic heterocycles. The molecule has 2 aromatic rings. The monoisotopic (exact) mass is 396 g/mol. The number of hydrogen-bond donors (Lipinski definition) is 0. The summed E-state index contributed by atoms with van der Waals surface area (Å²) in [7, 11) is 3.23. The summed E-state index contributed by atoms with van der Waals surface area (Å²) in [5.74, 6) is 1.77. The molecule has 0 saturated carbocycles. The summed E-state index contributed by atoms with van der Waals surface area (Å²) in [6, 6.07) is 13.1. The van der Waals surface area contributed by atoms with Crippen LogP contribution in [0.4, 0.5) is 0 Å². The van der Waals surface area contributed by atoms with Crippen molar-refractivity contribution in [3.05, 3.63) is 59.7 Å². The van der Waals surface area contributed by atoms with E-state index in [1.807, 2.05) is 24.3 Å². The average Bonchev–Trinajstić information content (AvgIpc) is 2.75. The molecule has 0 aliphatic heterocycles. The first-order valence-electron chi connectivity index (χ1n) is 10.3. The predicted molar refractivity (Wildman–Crippen MR) is 118 cm³/mol. The van der Waals surface area contributed by atoms with Gasteiger partial charge in [0.15, 0.2) is 11.5 Å². The van der Waals surface area contributed by atoms with E-state index in [0.29, 0.717) is 17.4 Å². The molecule has 0 heterocycles. The van der Waals surface area contributed by atoms with Gasteiger partial charge in [-0.05, 0) is 60.2 Å². The number of rotatable bonds is 11. The SMILES string of the molecule is CCCCCC(CC)c1cc(OC)ccc1C=CC(=O)Oc1ccccc1OC. The third kappa shape index (κ3) is 6.67. The minimum Gasteiger partial charge on any atom is -0.497 e. The van der Waals surface area contributed by atoms with Gasteiger partial charge in [0.25, 0.3) is 0 Å². The summed E-state index contributed by atoms with van der Waals surface area (Å²) in [6.45, 7) is 4.42. The lowest BCUT2D eigenvalue weighted by atomic mass is 9.87. The van der Waals surface area contributed by atoms with Crippen LogP contribution in [0.3, 0.4) is 0 Å². The van der Waals surface area contributed by atoms with Crippen molar-refractivity contribution in [1.82, 2.24) is 0 Å². The van der Waals surface area contributed by atoms with E-state index in [1.54, 1.807) is 32.4 Å². The van der Waals surface area contributed by atoms with Gasteiger partial charge in [0.1, 0.15) is 5.75 Å². The number of methoxy groups -OCH3 is 2. The molecule has 0 bridgehead atoms. The average molecular weight is 397 g/mol. The van der Waals surface area contributed by atoms with Gasteiger partial charge in [-0.2, -0.15) is 0 Å². The van der Waals surface area contributed by atoms with E-state index in [0.717, 1.165) is 24.2 Å². The smallest absolute Gasteiger partial charge is 0.336 e. The lowest BCUT2D eigenvalue weighted by Crippen LogP contribution is -2.05. The summed E-state index contributed by atoms with van der Waals surface area (Å²) >= 11 is 0. The standard InChI is InChI=1S/C25H32O4/c1-5-7-8-11-19(6-2)22-18-21(27-3)16-14-20(22)15-17-25(26)29-24-13-10-9-12-23(24)28-4/h9-10,12-19H,5-8,11H2,1-4H3. The van der Waals surface area contributed by atoms with Gasteiger partial charge in [-0.1, -0.05) is 51.3 Å². The van der Waals surface area contributed by atoms with Gasteiger partial charge < -0.3 is 14.2 Å². The first-order chi connectivity index (χ1) is 14.1. The third-order valence-corrected chi connectivity index (χ3v) is 5.06. The fourth-order valence-electron chi connectivity index (χ4n) is 3.41. The number of hydrogen-bond acceptors (Lipinski definition) is 4. The second-order valence-electron chi connectivity index (χ2n) is 7.00. The highest BCUT2D eigenvalue weighted by molar-refractivity contribution is 5.89. The highest BCUT2D eigenvalue weighted by atomic mass is 16.6. The lowest BCUT2D eigenvalue weighted by Gasteiger charge is -2.19. The molecule has 0 spiro atoms. The largest absolute Gasteiger partial charge is 0.497 e. The highest BCUT2D eigenvalue weighted by Gasteiger charge is 2.14. The minimum absolute atomic E-state index is 0.408. The Bertz CT molecular complexity index is 810. The minimum atomic E-state index is -0.435. The van der Waals surface area contributed by atoms with Gasteiger partial charge in [0.05, 0.1) is 14.2 Å². The number of carbonyl (C=O) groups is 1. The van der Waals surface area contributed by atoms with E-state index in [9.17, 15) is 4.79 Å². The highest BCUT2D eigenvalue weighted by Crippen LogP contribution is 2.32. The van der Waals surface area contributed by atoms with Gasteiger partial charge in [0.2, 0.25) is 0 Å². The summed E-state index contributed by atoms with van der Waals surface area (Å²) < 4.78 is 16.1. The molecule has 0 aliphatic carbocycles. The number of unbranched alkanes of at least 4 members (excludes halogenated alkanes) is 2. The van der Waals surface area contributed by atoms with Gasteiger partial charge in [0, 0.05) is 6.08 Å². The molecule has 2 aromatic carbocycles. The van der Waals surface area contributed by atoms with Crippen molar-refractivity contribution in [1.29, 1.82) is 0 Å². The number of esters is 1. The second kappa shape index (κ2) is 11.9. The van der Waals surface area contributed by atoms with Crippen molar-refractivity contribution in [2.75, 3.05) is 14.2 Å². The summed E-state index contributed by atoms with van der Waals surface area (Å²) in [5.41, 5.74) is 2.23. The van der Waals surface area contributed by atoms with Crippen molar-refractivity contribution in [3.63, 3.8) is 0 Å². The molecule has 4 nitrogen and oxygen atoms in total. The van der Waals surface area contributed by atoms with Crippen LogP contribution in [0.1, 0.15) is 63.0 Å². The first-order valence-corrected chi connectivity index (χ1v) is 10.3. The third-order valence-electron chi connectivity index (χ3n) is 5.06. The van der Waals surface area contributed by atoms with Gasteiger partial charge in [-0.15, -0.1) is 0 Å². The molecule has 29 heavy (non-hydrogen) atoms. The second-order valence-corrected chi connectivity index (χ2v) is 7.00. The van der Waals surface area contributed by atoms with E-state index in [1.165, 1.54) is 30.9 Å². The summed E-state index contributed by atoms with van der Waals surface area (Å²) in [5, 5.41) is 0. The van der Waals surface area contributed by atoms with Crippen LogP contribution in [0.5, 0.6) is 17.2 Å². The van der Waals surface area contributed by atoms with E-state index in [2.05, 4.69) is 19.9 Å². The van der Waals surface area contributed by atoms with Gasteiger partial charge in [-0.25, -0.2) is 4.79 Å². The maximum Gasteiger partial charge on any atom is 0.336 e. The molecule has 0 radical (unpaired) electrons. The molecule has 1 unspecified atom stereocenters. The van der Waals surface area contributed by atoms with E-state index < -0.39 is 5.97 Å². The van der Waals surface area contributed by atoms with Crippen LogP contribution in [-0.2, 0) is 4.79 Å². The Balaban J connectivity index is 2.20. The van der Waals surface area contributed by atoms with Crippen LogP contribution in [0.2, 0.25) is 0 Å². The number of para-hydroxylation sites is 2. The fourth-order valence-corrected chi connectivity index (χ4v) is 3.41. The topological polar surface area (TPSA) is 44.8 Å². The normalized spacial score (nSPS) is 12.0. The number of benzene rings is 2. The zero-order valence-electron chi connectivity index (χ0n) is 17.9. The molecule has 0 N–H and O–H groups in total.